The summed E-state index contributed by atoms with van der Waals surface area (Å²) in [5.74, 6) is -0.483. The van der Waals surface area contributed by atoms with E-state index in [2.05, 4.69) is 0 Å². The minimum Gasteiger partial charge on any atom is -0.392 e. The van der Waals surface area contributed by atoms with Gasteiger partial charge in [0.1, 0.15) is 5.82 Å². The predicted octanol–water partition coefficient (Wildman–Crippen LogP) is 1.65. The van der Waals surface area contributed by atoms with Crippen LogP contribution in [-0.2, 0) is 4.79 Å². The average Bonchev–Trinajstić information content (AvgIpc) is 2.99. The van der Waals surface area contributed by atoms with Crippen LogP contribution in [0.15, 0.2) is 18.2 Å². The van der Waals surface area contributed by atoms with Gasteiger partial charge in [0.15, 0.2) is 0 Å². The Morgan fingerprint density at radius 2 is 2.10 bits per heavy atom. The van der Waals surface area contributed by atoms with Gasteiger partial charge in [-0.1, -0.05) is 11.6 Å². The predicted molar refractivity (Wildman–Crippen MR) is 74.4 cm³/mol. The van der Waals surface area contributed by atoms with E-state index in [-0.39, 0.29) is 23.1 Å². The number of carbonyl (C=O) groups is 1. The molecule has 1 N–H and O–H groups in total. The first-order valence-corrected chi connectivity index (χ1v) is 7.12. The largest absolute Gasteiger partial charge is 0.392 e. The summed E-state index contributed by atoms with van der Waals surface area (Å²) >= 11 is 5.77. The van der Waals surface area contributed by atoms with Crippen molar-refractivity contribution < 1.29 is 14.3 Å². The summed E-state index contributed by atoms with van der Waals surface area (Å²) in [4.78, 5) is 16.1. The van der Waals surface area contributed by atoms with Crippen LogP contribution in [0.3, 0.4) is 0 Å². The van der Waals surface area contributed by atoms with Crippen LogP contribution >= 0.6 is 11.6 Å². The molecule has 0 aromatic heterocycles. The van der Waals surface area contributed by atoms with Crippen molar-refractivity contribution >= 4 is 23.2 Å². The zero-order valence-electron chi connectivity index (χ0n) is 10.9. The summed E-state index contributed by atoms with van der Waals surface area (Å²) in [6, 6.07) is 4.14. The number of hydrogen-bond acceptors (Lipinski definition) is 3. The molecule has 1 unspecified atom stereocenters. The third kappa shape index (κ3) is 2.41. The van der Waals surface area contributed by atoms with Crippen LogP contribution in [0.5, 0.6) is 0 Å². The molecule has 0 saturated carbocycles. The fourth-order valence-corrected chi connectivity index (χ4v) is 3.14. The number of β-amino-alcohol motifs (C(OH)–C–C–N with tert-alkyl or cyclic N) is 1. The Labute approximate surface area is 121 Å². The van der Waals surface area contributed by atoms with E-state index in [0.717, 1.165) is 13.0 Å². The van der Waals surface area contributed by atoms with E-state index >= 15 is 0 Å². The summed E-state index contributed by atoms with van der Waals surface area (Å²) in [7, 11) is 0. The number of benzene rings is 1. The summed E-state index contributed by atoms with van der Waals surface area (Å²) < 4.78 is 13.2. The summed E-state index contributed by atoms with van der Waals surface area (Å²) in [6.07, 6.45) is 1.10. The van der Waals surface area contributed by atoms with Crippen molar-refractivity contribution in [2.45, 2.75) is 25.0 Å². The highest BCUT2D eigenvalue weighted by Crippen LogP contribution is 2.29. The first kappa shape index (κ1) is 13.8. The quantitative estimate of drug-likeness (QED) is 0.903. The van der Waals surface area contributed by atoms with Crippen LogP contribution in [0.2, 0.25) is 5.02 Å². The molecule has 2 atom stereocenters. The Morgan fingerprint density at radius 3 is 2.75 bits per heavy atom. The molecule has 2 aliphatic heterocycles. The van der Waals surface area contributed by atoms with Crippen LogP contribution < -0.4 is 4.90 Å². The van der Waals surface area contributed by atoms with Crippen molar-refractivity contribution in [1.82, 2.24) is 4.90 Å². The van der Waals surface area contributed by atoms with Gasteiger partial charge in [0.05, 0.1) is 17.2 Å². The highest BCUT2D eigenvalue weighted by atomic mass is 35.5. The molecule has 2 heterocycles. The van der Waals surface area contributed by atoms with Crippen LogP contribution in [0.25, 0.3) is 0 Å². The van der Waals surface area contributed by atoms with Crippen molar-refractivity contribution in [2.75, 3.05) is 24.5 Å². The summed E-state index contributed by atoms with van der Waals surface area (Å²) in [5.41, 5.74) is 0.628. The van der Waals surface area contributed by atoms with E-state index < -0.39 is 5.82 Å². The lowest BCUT2D eigenvalue weighted by Gasteiger charge is -2.23. The first-order chi connectivity index (χ1) is 9.56. The molecule has 4 nitrogen and oxygen atoms in total. The lowest BCUT2D eigenvalue weighted by atomic mass is 10.2. The number of likely N-dealkylation sites (tertiary alicyclic amines) is 1. The van der Waals surface area contributed by atoms with Gasteiger partial charge in [0.2, 0.25) is 5.91 Å². The van der Waals surface area contributed by atoms with E-state index in [4.69, 9.17) is 11.6 Å². The SMILES string of the molecule is O=C1C(N2CC[C@@H](O)C2)CCN1c1ccc(F)c(Cl)c1. The van der Waals surface area contributed by atoms with Gasteiger partial charge >= 0.3 is 0 Å². The molecule has 20 heavy (non-hydrogen) atoms. The van der Waals surface area contributed by atoms with Crippen LogP contribution in [0.4, 0.5) is 10.1 Å². The van der Waals surface area contributed by atoms with Crippen molar-refractivity contribution in [1.29, 1.82) is 0 Å². The molecule has 3 rings (SSSR count). The Morgan fingerprint density at radius 1 is 1.30 bits per heavy atom. The molecule has 6 heteroatoms. The van der Waals surface area contributed by atoms with E-state index in [1.54, 1.807) is 11.0 Å². The van der Waals surface area contributed by atoms with Crippen molar-refractivity contribution in [2.24, 2.45) is 0 Å². The van der Waals surface area contributed by atoms with Crippen LogP contribution in [0.1, 0.15) is 12.8 Å². The molecule has 2 saturated heterocycles. The van der Waals surface area contributed by atoms with E-state index in [9.17, 15) is 14.3 Å². The molecule has 108 valence electrons. The number of amides is 1. The normalized spacial score (nSPS) is 27.6. The molecule has 1 aromatic rings. The molecule has 1 aromatic carbocycles. The van der Waals surface area contributed by atoms with Crippen molar-refractivity contribution in [3.8, 4) is 0 Å². The number of anilines is 1. The number of aliphatic hydroxyl groups is 1. The average molecular weight is 299 g/mol. The molecule has 2 fully saturated rings. The van der Waals surface area contributed by atoms with Gasteiger partial charge < -0.3 is 10.0 Å². The second-order valence-corrected chi connectivity index (χ2v) is 5.74. The number of aliphatic hydroxyl groups excluding tert-OH is 1. The maximum Gasteiger partial charge on any atom is 0.244 e. The smallest absolute Gasteiger partial charge is 0.244 e. The molecule has 2 aliphatic rings. The Hall–Kier alpha value is -1.17. The lowest BCUT2D eigenvalue weighted by Crippen LogP contribution is -2.41. The number of rotatable bonds is 2. The zero-order valence-corrected chi connectivity index (χ0v) is 11.7. The molecular weight excluding hydrogens is 283 g/mol. The third-order valence-corrected chi connectivity index (χ3v) is 4.32. The van der Waals surface area contributed by atoms with E-state index in [0.29, 0.717) is 25.2 Å². The molecule has 0 radical (unpaired) electrons. The highest BCUT2D eigenvalue weighted by Gasteiger charge is 2.39. The van der Waals surface area contributed by atoms with Gasteiger partial charge in [-0.15, -0.1) is 0 Å². The highest BCUT2D eigenvalue weighted by molar-refractivity contribution is 6.31. The Bertz CT molecular complexity index is 540. The lowest BCUT2D eigenvalue weighted by molar-refractivity contribution is -0.121. The number of halogens is 2. The second kappa shape index (κ2) is 5.31. The van der Waals surface area contributed by atoms with E-state index in [1.807, 2.05) is 4.90 Å². The maximum absolute atomic E-state index is 13.2. The zero-order chi connectivity index (χ0) is 14.3. The van der Waals surface area contributed by atoms with Crippen molar-refractivity contribution in [3.63, 3.8) is 0 Å². The van der Waals surface area contributed by atoms with E-state index in [1.165, 1.54) is 12.1 Å². The minimum absolute atomic E-state index is 0.00164. The minimum atomic E-state index is -0.485. The number of carbonyl (C=O) groups excluding carboxylic acids is 1. The van der Waals surface area contributed by atoms with Gasteiger partial charge in [-0.3, -0.25) is 9.69 Å². The van der Waals surface area contributed by atoms with Crippen molar-refractivity contribution in [3.05, 3.63) is 29.0 Å². The van der Waals surface area contributed by atoms with Gasteiger partial charge in [0, 0.05) is 25.3 Å². The Balaban J connectivity index is 1.76. The molecular formula is C14H16ClFN2O2. The molecule has 0 spiro atoms. The summed E-state index contributed by atoms with van der Waals surface area (Å²) in [5, 5.41) is 9.59. The van der Waals surface area contributed by atoms with Gasteiger partial charge in [0.25, 0.3) is 0 Å². The fraction of sp³-hybridized carbons (Fsp3) is 0.500. The Kier molecular flexibility index (Phi) is 3.67. The van der Waals surface area contributed by atoms with Gasteiger partial charge in [-0.25, -0.2) is 4.39 Å². The first-order valence-electron chi connectivity index (χ1n) is 6.75. The molecule has 0 aliphatic carbocycles. The third-order valence-electron chi connectivity index (χ3n) is 4.03. The second-order valence-electron chi connectivity index (χ2n) is 5.33. The van der Waals surface area contributed by atoms with Crippen LogP contribution in [0, 0.1) is 5.82 Å². The monoisotopic (exact) mass is 298 g/mol. The molecule has 1 amide bonds. The topological polar surface area (TPSA) is 43.8 Å². The standard InChI is InChI=1S/C14H16ClFN2O2/c15-11-7-9(1-2-12(11)16)18-6-4-13(14(18)20)17-5-3-10(19)8-17/h1-2,7,10,13,19H,3-6,8H2/t10-,13?/m1/s1. The van der Waals surface area contributed by atoms with Gasteiger partial charge in [-0.2, -0.15) is 0 Å². The molecule has 0 bridgehead atoms. The van der Waals surface area contributed by atoms with Gasteiger partial charge in [-0.05, 0) is 31.0 Å². The van der Waals surface area contributed by atoms with Crippen LogP contribution in [-0.4, -0.2) is 47.7 Å². The number of hydrogen-bond donors (Lipinski definition) is 1. The fourth-order valence-electron chi connectivity index (χ4n) is 2.96. The number of nitrogens with zero attached hydrogens (tertiary/aromatic N) is 2. The maximum atomic E-state index is 13.2. The summed E-state index contributed by atoms with van der Waals surface area (Å²) in [6.45, 7) is 1.89.